The lowest BCUT2D eigenvalue weighted by molar-refractivity contribution is 0.0697. The van der Waals surface area contributed by atoms with Gasteiger partial charge < -0.3 is 10.4 Å². The standard InChI is InChI=1S/C24H23N5O3S/c1-3-17(27-21-20(23(30)31)13-25-14(2)26-21)12-15-8-10-16(11-9-15)18-6-4-5-7-19(18)22-28-24(32)33-29-22/h4-11,13,17H,3,12H2,1-2H3,(H,30,31)(H,25,26,27)(H,28,29,32). The molecule has 0 amide bonds. The molecular formula is C24H23N5O3S. The molecule has 0 fully saturated rings. The van der Waals surface area contributed by atoms with Crippen LogP contribution in [0.3, 0.4) is 0 Å². The van der Waals surface area contributed by atoms with Crippen LogP contribution < -0.4 is 10.2 Å². The molecule has 0 aliphatic carbocycles. The van der Waals surface area contributed by atoms with Crippen LogP contribution in [0, 0.1) is 6.92 Å². The van der Waals surface area contributed by atoms with Crippen molar-refractivity contribution in [2.75, 3.05) is 5.32 Å². The first-order valence-corrected chi connectivity index (χ1v) is 11.3. The SMILES string of the molecule is CCC(Cc1ccc(-c2ccccc2-c2nsc(=O)[nH]2)cc1)Nc1nc(C)ncc1C(=O)O. The molecule has 0 aliphatic heterocycles. The van der Waals surface area contributed by atoms with Crippen molar-refractivity contribution in [2.24, 2.45) is 0 Å². The van der Waals surface area contributed by atoms with Gasteiger partial charge in [0.05, 0.1) is 0 Å². The predicted octanol–water partition coefficient (Wildman–Crippen LogP) is 4.40. The summed E-state index contributed by atoms with van der Waals surface area (Å²) in [4.78, 5) is 33.9. The van der Waals surface area contributed by atoms with Crippen LogP contribution in [0.2, 0.25) is 0 Å². The van der Waals surface area contributed by atoms with Crippen molar-refractivity contribution in [3.05, 3.63) is 81.3 Å². The van der Waals surface area contributed by atoms with E-state index in [0.29, 0.717) is 23.9 Å². The number of aromatic carboxylic acids is 1. The molecule has 8 nitrogen and oxygen atoms in total. The molecule has 33 heavy (non-hydrogen) atoms. The second-order valence-corrected chi connectivity index (χ2v) is 8.36. The van der Waals surface area contributed by atoms with Crippen LogP contribution in [-0.4, -0.2) is 36.4 Å². The number of aryl methyl sites for hydroxylation is 1. The van der Waals surface area contributed by atoms with Crippen LogP contribution in [0.4, 0.5) is 5.82 Å². The molecular weight excluding hydrogens is 438 g/mol. The fourth-order valence-corrected chi connectivity index (χ4v) is 4.08. The Labute approximate surface area is 194 Å². The topological polar surface area (TPSA) is 121 Å². The number of rotatable bonds is 8. The minimum Gasteiger partial charge on any atom is -0.477 e. The number of hydrogen-bond donors (Lipinski definition) is 3. The van der Waals surface area contributed by atoms with Crippen LogP contribution in [0.25, 0.3) is 22.5 Å². The number of aromatic amines is 1. The van der Waals surface area contributed by atoms with E-state index >= 15 is 0 Å². The number of nitrogens with zero attached hydrogens (tertiary/aromatic N) is 3. The van der Waals surface area contributed by atoms with Gasteiger partial charge in [-0.05, 0) is 36.5 Å². The zero-order chi connectivity index (χ0) is 23.4. The van der Waals surface area contributed by atoms with Gasteiger partial charge in [-0.15, -0.1) is 0 Å². The van der Waals surface area contributed by atoms with Gasteiger partial charge >= 0.3 is 10.8 Å². The van der Waals surface area contributed by atoms with Gasteiger partial charge in [0.15, 0.2) is 5.82 Å². The molecule has 0 saturated carbocycles. The lowest BCUT2D eigenvalue weighted by atomic mass is 9.96. The molecule has 0 saturated heterocycles. The summed E-state index contributed by atoms with van der Waals surface area (Å²) in [6.45, 7) is 3.78. The molecule has 2 aromatic carbocycles. The number of nitrogens with one attached hydrogen (secondary N) is 2. The highest BCUT2D eigenvalue weighted by Crippen LogP contribution is 2.30. The molecule has 0 aliphatic rings. The van der Waals surface area contributed by atoms with Crippen molar-refractivity contribution >= 4 is 23.3 Å². The number of anilines is 1. The number of carboxylic acid groups (broad SMARTS) is 1. The van der Waals surface area contributed by atoms with Gasteiger partial charge in [-0.1, -0.05) is 55.5 Å². The molecule has 9 heteroatoms. The van der Waals surface area contributed by atoms with Gasteiger partial charge in [0.25, 0.3) is 0 Å². The molecule has 3 N–H and O–H groups in total. The Morgan fingerprint density at radius 3 is 2.52 bits per heavy atom. The second kappa shape index (κ2) is 9.74. The average molecular weight is 462 g/mol. The van der Waals surface area contributed by atoms with Gasteiger partial charge in [0.1, 0.15) is 17.2 Å². The average Bonchev–Trinajstić information content (AvgIpc) is 3.25. The molecule has 0 radical (unpaired) electrons. The Hall–Kier alpha value is -3.85. The summed E-state index contributed by atoms with van der Waals surface area (Å²) in [6.07, 6.45) is 2.84. The number of carboxylic acids is 1. The summed E-state index contributed by atoms with van der Waals surface area (Å²) in [6, 6.07) is 16.0. The van der Waals surface area contributed by atoms with Gasteiger partial charge in [-0.2, -0.15) is 4.37 Å². The van der Waals surface area contributed by atoms with Crippen LogP contribution in [0.1, 0.15) is 35.1 Å². The molecule has 4 aromatic rings. The number of hydrogen-bond acceptors (Lipinski definition) is 7. The van der Waals surface area contributed by atoms with Crippen LogP contribution >= 0.6 is 11.5 Å². The fourth-order valence-electron chi connectivity index (χ4n) is 3.62. The zero-order valence-electron chi connectivity index (χ0n) is 18.2. The summed E-state index contributed by atoms with van der Waals surface area (Å²) in [5.74, 6) is 0.359. The summed E-state index contributed by atoms with van der Waals surface area (Å²) in [5, 5.41) is 12.7. The van der Waals surface area contributed by atoms with E-state index in [1.54, 1.807) is 6.92 Å². The Morgan fingerprint density at radius 1 is 1.15 bits per heavy atom. The van der Waals surface area contributed by atoms with E-state index < -0.39 is 5.97 Å². The number of H-pyrrole nitrogens is 1. The summed E-state index contributed by atoms with van der Waals surface area (Å²) < 4.78 is 4.22. The van der Waals surface area contributed by atoms with Crippen molar-refractivity contribution in [3.63, 3.8) is 0 Å². The molecule has 2 aromatic heterocycles. The molecule has 2 heterocycles. The Bertz CT molecular complexity index is 1330. The maximum atomic E-state index is 11.5. The van der Waals surface area contributed by atoms with Gasteiger partial charge in [0, 0.05) is 29.3 Å². The summed E-state index contributed by atoms with van der Waals surface area (Å²) >= 11 is 0.905. The molecule has 4 rings (SSSR count). The fraction of sp³-hybridized carbons (Fsp3) is 0.208. The summed E-state index contributed by atoms with van der Waals surface area (Å²) in [5.41, 5.74) is 4.05. The minimum atomic E-state index is -1.06. The number of carbonyl (C=O) groups is 1. The lowest BCUT2D eigenvalue weighted by Crippen LogP contribution is -2.24. The minimum absolute atomic E-state index is 0.00983. The smallest absolute Gasteiger partial charge is 0.341 e. The van der Waals surface area contributed by atoms with E-state index in [4.69, 9.17) is 0 Å². The molecule has 1 atom stereocenters. The van der Waals surface area contributed by atoms with Crippen molar-refractivity contribution in [2.45, 2.75) is 32.7 Å². The number of benzene rings is 2. The molecule has 168 valence electrons. The van der Waals surface area contributed by atoms with E-state index in [0.717, 1.165) is 40.2 Å². The monoisotopic (exact) mass is 461 g/mol. The third-order valence-electron chi connectivity index (χ3n) is 5.34. The summed E-state index contributed by atoms with van der Waals surface area (Å²) in [7, 11) is 0. The Morgan fingerprint density at radius 2 is 1.88 bits per heavy atom. The van der Waals surface area contributed by atoms with Crippen molar-refractivity contribution in [3.8, 4) is 22.5 Å². The molecule has 0 spiro atoms. The van der Waals surface area contributed by atoms with E-state index in [2.05, 4.69) is 36.8 Å². The van der Waals surface area contributed by atoms with Crippen LogP contribution in [0.15, 0.2) is 59.5 Å². The van der Waals surface area contributed by atoms with Crippen molar-refractivity contribution in [1.82, 2.24) is 19.3 Å². The van der Waals surface area contributed by atoms with Gasteiger partial charge in [0.2, 0.25) is 0 Å². The highest BCUT2D eigenvalue weighted by molar-refractivity contribution is 7.03. The molecule has 0 bridgehead atoms. The highest BCUT2D eigenvalue weighted by Gasteiger charge is 2.17. The normalized spacial score (nSPS) is 11.8. The Kier molecular flexibility index (Phi) is 6.60. The third kappa shape index (κ3) is 5.15. The molecule has 1 unspecified atom stereocenters. The number of aromatic nitrogens is 4. The third-order valence-corrected chi connectivity index (χ3v) is 5.88. The lowest BCUT2D eigenvalue weighted by Gasteiger charge is -2.19. The van der Waals surface area contributed by atoms with E-state index in [1.165, 1.54) is 6.20 Å². The quantitative estimate of drug-likeness (QED) is 0.356. The van der Waals surface area contributed by atoms with E-state index in [9.17, 15) is 14.7 Å². The van der Waals surface area contributed by atoms with Gasteiger partial charge in [-0.25, -0.2) is 14.8 Å². The highest BCUT2D eigenvalue weighted by atomic mass is 32.1. The maximum Gasteiger partial charge on any atom is 0.341 e. The van der Waals surface area contributed by atoms with E-state index in [-0.39, 0.29) is 16.5 Å². The van der Waals surface area contributed by atoms with Crippen molar-refractivity contribution in [1.29, 1.82) is 0 Å². The first-order chi connectivity index (χ1) is 15.9. The largest absolute Gasteiger partial charge is 0.477 e. The maximum absolute atomic E-state index is 11.5. The van der Waals surface area contributed by atoms with E-state index in [1.807, 2.05) is 43.3 Å². The Balaban J connectivity index is 1.54. The second-order valence-electron chi connectivity index (χ2n) is 7.62. The first-order valence-electron chi connectivity index (χ1n) is 10.5. The first kappa shape index (κ1) is 22.3. The van der Waals surface area contributed by atoms with Crippen molar-refractivity contribution < 1.29 is 9.90 Å². The van der Waals surface area contributed by atoms with Crippen LogP contribution in [-0.2, 0) is 6.42 Å². The van der Waals surface area contributed by atoms with Gasteiger partial charge in [-0.3, -0.25) is 9.78 Å². The van der Waals surface area contributed by atoms with Crippen LogP contribution in [0.5, 0.6) is 0 Å². The predicted molar refractivity (Wildman–Crippen MR) is 129 cm³/mol. The zero-order valence-corrected chi connectivity index (χ0v) is 19.0.